The Morgan fingerprint density at radius 1 is 1.35 bits per heavy atom. The molecule has 11 heteroatoms. The molecule has 0 spiro atoms. The van der Waals surface area contributed by atoms with Crippen LogP contribution in [0.15, 0.2) is 11.2 Å². The number of benzene rings is 1. The van der Waals surface area contributed by atoms with Crippen molar-refractivity contribution in [3.63, 3.8) is 0 Å². The number of nitrogens with one attached hydrogen (secondary N) is 1. The Labute approximate surface area is 153 Å². The minimum absolute atomic E-state index is 0.0615. The van der Waals surface area contributed by atoms with Gasteiger partial charge in [-0.15, -0.1) is 10.2 Å². The molecule has 1 aliphatic rings. The quantitative estimate of drug-likeness (QED) is 0.523. The number of aromatic nitrogens is 4. The van der Waals surface area contributed by atoms with Crippen LogP contribution in [-0.4, -0.2) is 31.4 Å². The Balaban J connectivity index is 1.45. The number of thioether (sulfide) groups is 1. The average Bonchev–Trinajstić information content (AvgIpc) is 3.25. The highest BCUT2D eigenvalue weighted by atomic mass is 32.2. The number of thiazole rings is 1. The van der Waals surface area contributed by atoms with Crippen LogP contribution >= 0.6 is 23.1 Å². The number of carbonyl (C=O) groups is 1. The Morgan fingerprint density at radius 3 is 2.85 bits per heavy atom. The van der Waals surface area contributed by atoms with Crippen LogP contribution in [0.25, 0.3) is 10.2 Å². The fourth-order valence-corrected chi connectivity index (χ4v) is 4.27. The van der Waals surface area contributed by atoms with E-state index in [-0.39, 0.29) is 27.0 Å². The summed E-state index contributed by atoms with van der Waals surface area (Å²) in [5, 5.41) is 11.4. The van der Waals surface area contributed by atoms with Crippen molar-refractivity contribution in [1.82, 2.24) is 19.7 Å². The zero-order valence-corrected chi connectivity index (χ0v) is 15.1. The molecule has 0 unspecified atom stereocenters. The molecule has 1 N–H and O–H groups in total. The number of anilines is 1. The largest absolute Gasteiger partial charge is 0.303 e. The van der Waals surface area contributed by atoms with Crippen molar-refractivity contribution in [3.05, 3.63) is 29.3 Å². The maximum atomic E-state index is 13.7. The van der Waals surface area contributed by atoms with Gasteiger partial charge in [0.2, 0.25) is 5.91 Å². The highest BCUT2D eigenvalue weighted by Gasteiger charge is 2.28. The lowest BCUT2D eigenvalue weighted by Crippen LogP contribution is -2.14. The standard InChI is InChI=1S/C15H12F3N5OS2/c1-6-21-22-15(23(6)7-2-3-7)25-5-10(24)19-14-20-13-9(26-14)4-8(16)11(17)12(13)18/h4,7H,2-3,5H2,1H3,(H,19,20,24). The minimum Gasteiger partial charge on any atom is -0.303 e. The van der Waals surface area contributed by atoms with Crippen LogP contribution in [-0.2, 0) is 4.79 Å². The van der Waals surface area contributed by atoms with E-state index < -0.39 is 17.5 Å². The van der Waals surface area contributed by atoms with Crippen molar-refractivity contribution >= 4 is 44.4 Å². The van der Waals surface area contributed by atoms with Crippen molar-refractivity contribution in [3.8, 4) is 0 Å². The van der Waals surface area contributed by atoms with Gasteiger partial charge in [0, 0.05) is 6.04 Å². The molecule has 1 aliphatic carbocycles. The Kier molecular flexibility index (Phi) is 4.35. The van der Waals surface area contributed by atoms with E-state index in [1.807, 2.05) is 11.5 Å². The third-order valence-corrected chi connectivity index (χ3v) is 5.71. The SMILES string of the molecule is Cc1nnc(SCC(=O)Nc2nc3c(F)c(F)c(F)cc3s2)n1C1CC1. The lowest BCUT2D eigenvalue weighted by molar-refractivity contribution is -0.113. The molecule has 0 bridgehead atoms. The number of fused-ring (bicyclic) bond motifs is 1. The molecule has 0 atom stereocenters. The van der Waals surface area contributed by atoms with Crippen molar-refractivity contribution in [1.29, 1.82) is 0 Å². The second kappa shape index (κ2) is 6.54. The molecule has 26 heavy (non-hydrogen) atoms. The molecule has 1 fully saturated rings. The van der Waals surface area contributed by atoms with Gasteiger partial charge in [-0.05, 0) is 25.8 Å². The summed E-state index contributed by atoms with van der Waals surface area (Å²) >= 11 is 2.11. The van der Waals surface area contributed by atoms with Crippen LogP contribution in [0, 0.1) is 24.4 Å². The monoisotopic (exact) mass is 399 g/mol. The number of halogens is 3. The van der Waals surface area contributed by atoms with Gasteiger partial charge in [-0.2, -0.15) is 0 Å². The van der Waals surface area contributed by atoms with Crippen LogP contribution in [0.4, 0.5) is 18.3 Å². The van der Waals surface area contributed by atoms with Gasteiger partial charge in [0.05, 0.1) is 10.5 Å². The van der Waals surface area contributed by atoms with E-state index in [0.717, 1.165) is 36.1 Å². The summed E-state index contributed by atoms with van der Waals surface area (Å²) < 4.78 is 42.3. The number of nitrogens with zero attached hydrogens (tertiary/aromatic N) is 4. The molecule has 0 saturated heterocycles. The second-order valence-corrected chi connectivity index (χ2v) is 7.79. The zero-order chi connectivity index (χ0) is 18.4. The lowest BCUT2D eigenvalue weighted by Gasteiger charge is -2.05. The van der Waals surface area contributed by atoms with Crippen LogP contribution in [0.5, 0.6) is 0 Å². The Bertz CT molecular complexity index is 1010. The summed E-state index contributed by atoms with van der Waals surface area (Å²) in [5.74, 6) is -3.74. The van der Waals surface area contributed by atoms with E-state index in [4.69, 9.17) is 0 Å². The fourth-order valence-electron chi connectivity index (χ4n) is 2.51. The van der Waals surface area contributed by atoms with Crippen LogP contribution in [0.2, 0.25) is 0 Å². The van der Waals surface area contributed by atoms with Crippen molar-refractivity contribution in [2.75, 3.05) is 11.1 Å². The van der Waals surface area contributed by atoms with E-state index in [1.54, 1.807) is 0 Å². The first-order valence-electron chi connectivity index (χ1n) is 7.72. The fraction of sp³-hybridized carbons (Fsp3) is 0.333. The molecular weight excluding hydrogens is 387 g/mol. The molecule has 1 saturated carbocycles. The molecule has 0 aliphatic heterocycles. The molecule has 6 nitrogen and oxygen atoms in total. The molecular formula is C15H12F3N5OS2. The van der Waals surface area contributed by atoms with Crippen molar-refractivity contribution in [2.24, 2.45) is 0 Å². The summed E-state index contributed by atoms with van der Waals surface area (Å²) in [7, 11) is 0. The van der Waals surface area contributed by atoms with Gasteiger partial charge in [-0.1, -0.05) is 23.1 Å². The third kappa shape index (κ3) is 3.16. The Hall–Kier alpha value is -2.14. The first kappa shape index (κ1) is 17.3. The maximum Gasteiger partial charge on any atom is 0.236 e. The summed E-state index contributed by atoms with van der Waals surface area (Å²) in [6.07, 6.45) is 2.14. The lowest BCUT2D eigenvalue weighted by atomic mass is 10.3. The molecule has 0 radical (unpaired) electrons. The maximum absolute atomic E-state index is 13.7. The van der Waals surface area contributed by atoms with Gasteiger partial charge >= 0.3 is 0 Å². The molecule has 2 aromatic heterocycles. The van der Waals surface area contributed by atoms with Crippen molar-refractivity contribution < 1.29 is 18.0 Å². The van der Waals surface area contributed by atoms with Crippen LogP contribution < -0.4 is 5.32 Å². The van der Waals surface area contributed by atoms with Gasteiger partial charge in [0.15, 0.2) is 27.7 Å². The molecule has 1 aromatic carbocycles. The van der Waals surface area contributed by atoms with Gasteiger partial charge in [0.1, 0.15) is 11.3 Å². The van der Waals surface area contributed by atoms with Gasteiger partial charge in [-0.3, -0.25) is 4.79 Å². The first-order chi connectivity index (χ1) is 12.4. The molecule has 2 heterocycles. The highest BCUT2D eigenvalue weighted by molar-refractivity contribution is 7.99. The summed E-state index contributed by atoms with van der Waals surface area (Å²) in [6.45, 7) is 1.86. The molecule has 136 valence electrons. The van der Waals surface area contributed by atoms with E-state index in [2.05, 4.69) is 20.5 Å². The van der Waals surface area contributed by atoms with Crippen LogP contribution in [0.1, 0.15) is 24.7 Å². The first-order valence-corrected chi connectivity index (χ1v) is 9.52. The predicted octanol–water partition coefficient (Wildman–Crippen LogP) is 3.68. The van der Waals surface area contributed by atoms with Crippen LogP contribution in [0.3, 0.4) is 0 Å². The number of hydrogen-bond donors (Lipinski definition) is 1. The highest BCUT2D eigenvalue weighted by Crippen LogP contribution is 2.38. The molecule has 3 aromatic rings. The van der Waals surface area contributed by atoms with Gasteiger partial charge in [0.25, 0.3) is 0 Å². The van der Waals surface area contributed by atoms with Gasteiger partial charge < -0.3 is 9.88 Å². The smallest absolute Gasteiger partial charge is 0.236 e. The normalized spacial score (nSPS) is 14.2. The molecule has 1 amide bonds. The summed E-state index contributed by atoms with van der Waals surface area (Å²) in [5.41, 5.74) is -0.305. The third-order valence-electron chi connectivity index (χ3n) is 3.85. The summed E-state index contributed by atoms with van der Waals surface area (Å²) in [6, 6.07) is 1.25. The topological polar surface area (TPSA) is 72.7 Å². The number of carbonyl (C=O) groups excluding carboxylic acids is 1. The number of rotatable bonds is 5. The number of aryl methyl sites for hydroxylation is 1. The number of hydrogen-bond acceptors (Lipinski definition) is 6. The average molecular weight is 399 g/mol. The van der Waals surface area contributed by atoms with E-state index in [1.165, 1.54) is 11.8 Å². The number of amides is 1. The van der Waals surface area contributed by atoms with Crippen molar-refractivity contribution in [2.45, 2.75) is 31.0 Å². The van der Waals surface area contributed by atoms with E-state index in [9.17, 15) is 18.0 Å². The summed E-state index contributed by atoms with van der Waals surface area (Å²) in [4.78, 5) is 16.0. The predicted molar refractivity (Wildman–Crippen MR) is 91.9 cm³/mol. The zero-order valence-electron chi connectivity index (χ0n) is 13.4. The van der Waals surface area contributed by atoms with E-state index in [0.29, 0.717) is 11.2 Å². The Morgan fingerprint density at radius 2 is 2.12 bits per heavy atom. The van der Waals surface area contributed by atoms with E-state index >= 15 is 0 Å². The molecule has 4 rings (SSSR count). The second-order valence-electron chi connectivity index (χ2n) is 5.82. The minimum atomic E-state index is -1.58. The van der Waals surface area contributed by atoms with Gasteiger partial charge in [-0.25, -0.2) is 18.2 Å².